The van der Waals surface area contributed by atoms with E-state index in [0.717, 1.165) is 40.9 Å². The van der Waals surface area contributed by atoms with E-state index in [1.165, 1.54) is 0 Å². The van der Waals surface area contributed by atoms with Crippen molar-refractivity contribution in [2.45, 2.75) is 32.0 Å². The van der Waals surface area contributed by atoms with Crippen molar-refractivity contribution in [2.75, 3.05) is 19.8 Å². The molecule has 2 aromatic carbocycles. The van der Waals surface area contributed by atoms with Crippen molar-refractivity contribution in [3.05, 3.63) is 71.3 Å². The molecule has 1 saturated carbocycles. The minimum Gasteiger partial charge on any atom is -0.493 e. The van der Waals surface area contributed by atoms with Gasteiger partial charge in [-0.2, -0.15) is 0 Å². The molecule has 0 radical (unpaired) electrons. The first kappa shape index (κ1) is 21.5. The van der Waals surface area contributed by atoms with Crippen molar-refractivity contribution < 1.29 is 23.4 Å². The molecule has 1 fully saturated rings. The van der Waals surface area contributed by atoms with Gasteiger partial charge in [0, 0.05) is 32.6 Å². The summed E-state index contributed by atoms with van der Waals surface area (Å²) in [6.45, 7) is 6.37. The van der Waals surface area contributed by atoms with Crippen LogP contribution in [0.25, 0.3) is 5.57 Å². The molecule has 1 atom stereocenters. The summed E-state index contributed by atoms with van der Waals surface area (Å²) in [4.78, 5) is 13.4. The molecular weight excluding hydrogens is 402 g/mol. The lowest BCUT2D eigenvalue weighted by Crippen LogP contribution is -2.29. The van der Waals surface area contributed by atoms with Crippen LogP contribution in [0.1, 0.15) is 28.7 Å². The lowest BCUT2D eigenvalue weighted by Gasteiger charge is -2.30. The summed E-state index contributed by atoms with van der Waals surface area (Å²) < 4.78 is 31.7. The van der Waals surface area contributed by atoms with Gasteiger partial charge in [-0.05, 0) is 40.0 Å². The molecule has 1 unspecified atom stereocenters. The number of ether oxygens (including phenoxy) is 1. The van der Waals surface area contributed by atoms with E-state index in [2.05, 4.69) is 16.8 Å². The maximum absolute atomic E-state index is 13.0. The fourth-order valence-corrected chi connectivity index (χ4v) is 3.80. The largest absolute Gasteiger partial charge is 0.493 e. The van der Waals surface area contributed by atoms with Gasteiger partial charge in [-0.3, -0.25) is 9.69 Å². The summed E-state index contributed by atoms with van der Waals surface area (Å²) in [7, 11) is 0. The smallest absolute Gasteiger partial charge is 0.255 e. The molecule has 0 saturated heterocycles. The average Bonchev–Trinajstić information content (AvgIpc) is 3.38. The lowest BCUT2D eigenvalue weighted by molar-refractivity contribution is -0.123. The summed E-state index contributed by atoms with van der Waals surface area (Å²) in [5.74, 6) is -3.02. The van der Waals surface area contributed by atoms with Crippen LogP contribution >= 0.6 is 0 Å². The number of alkyl halides is 2. The first-order chi connectivity index (χ1) is 14.8. The van der Waals surface area contributed by atoms with Crippen molar-refractivity contribution in [1.82, 2.24) is 10.2 Å². The number of carbonyl (C=O) groups excluding carboxylic acids is 1. The number of nitrogens with one attached hydrogen (secondary N) is 1. The third-order valence-corrected chi connectivity index (χ3v) is 5.74. The van der Waals surface area contributed by atoms with E-state index in [1.807, 2.05) is 42.5 Å². The van der Waals surface area contributed by atoms with Gasteiger partial charge in [0.25, 0.3) is 5.92 Å². The van der Waals surface area contributed by atoms with Gasteiger partial charge in [-0.1, -0.05) is 36.9 Å². The predicted octanol–water partition coefficient (Wildman–Crippen LogP) is 3.36. The Morgan fingerprint density at radius 1 is 1.19 bits per heavy atom. The maximum atomic E-state index is 13.0. The van der Waals surface area contributed by atoms with Crippen molar-refractivity contribution in [1.29, 1.82) is 0 Å². The highest BCUT2D eigenvalue weighted by Gasteiger charge is 2.57. The minimum atomic E-state index is -2.57. The van der Waals surface area contributed by atoms with Gasteiger partial charge in [0.15, 0.2) is 0 Å². The molecule has 0 spiro atoms. The van der Waals surface area contributed by atoms with Crippen molar-refractivity contribution in [3.63, 3.8) is 0 Å². The third kappa shape index (κ3) is 5.29. The summed E-state index contributed by atoms with van der Waals surface area (Å²) >= 11 is 0. The second-order valence-corrected chi connectivity index (χ2v) is 8.29. The molecule has 0 aromatic heterocycles. The van der Waals surface area contributed by atoms with E-state index in [4.69, 9.17) is 9.84 Å². The molecule has 164 valence electrons. The Morgan fingerprint density at radius 2 is 1.90 bits per heavy atom. The molecule has 1 amide bonds. The maximum Gasteiger partial charge on any atom is 0.255 e. The molecule has 2 N–H and O–H groups in total. The van der Waals surface area contributed by atoms with Crippen LogP contribution in [0.3, 0.4) is 0 Å². The predicted molar refractivity (Wildman–Crippen MR) is 114 cm³/mol. The van der Waals surface area contributed by atoms with Crippen LogP contribution in [-0.4, -0.2) is 41.6 Å². The summed E-state index contributed by atoms with van der Waals surface area (Å²) in [5, 5.41) is 11.4. The molecule has 4 rings (SSSR count). The number of rotatable bonds is 8. The van der Waals surface area contributed by atoms with Crippen LogP contribution in [-0.2, 0) is 24.4 Å². The van der Waals surface area contributed by atoms with Gasteiger partial charge in [-0.25, -0.2) is 8.78 Å². The number of benzene rings is 2. The zero-order chi connectivity index (χ0) is 22.0. The molecule has 7 heteroatoms. The van der Waals surface area contributed by atoms with Crippen molar-refractivity contribution in [3.8, 4) is 5.75 Å². The average molecular weight is 428 g/mol. The number of hydrogen-bond donors (Lipinski definition) is 2. The van der Waals surface area contributed by atoms with Gasteiger partial charge in [-0.15, -0.1) is 0 Å². The van der Waals surface area contributed by atoms with Gasteiger partial charge < -0.3 is 15.2 Å². The Kier molecular flexibility index (Phi) is 6.07. The number of aliphatic hydroxyl groups is 1. The van der Waals surface area contributed by atoms with Crippen LogP contribution in [0.5, 0.6) is 5.75 Å². The van der Waals surface area contributed by atoms with E-state index in [0.29, 0.717) is 18.8 Å². The Hall–Kier alpha value is -2.77. The number of amides is 1. The third-order valence-electron chi connectivity index (χ3n) is 5.74. The monoisotopic (exact) mass is 428 g/mol. The van der Waals surface area contributed by atoms with Crippen LogP contribution in [0.15, 0.2) is 49.0 Å². The molecule has 0 bridgehead atoms. The number of carbonyl (C=O) groups is 1. The Bertz CT molecular complexity index is 975. The van der Waals surface area contributed by atoms with Gasteiger partial charge in [0.1, 0.15) is 12.4 Å². The quantitative estimate of drug-likeness (QED) is 0.677. The topological polar surface area (TPSA) is 61.8 Å². The van der Waals surface area contributed by atoms with Crippen LogP contribution in [0, 0.1) is 5.92 Å². The number of halogens is 2. The standard InChI is InChI=1S/C24H26F2N2O3/c1-16-11-28(12-18-4-2-17(3-5-18)10-27-23(30)14-29)13-19-6-7-21(8-22(16)19)31-15-20-9-24(20,25)26/h2-8,20,29H,1,9-15H2,(H,27,30). The zero-order valence-corrected chi connectivity index (χ0v) is 17.2. The van der Waals surface area contributed by atoms with Gasteiger partial charge >= 0.3 is 0 Å². The molecule has 31 heavy (non-hydrogen) atoms. The molecule has 1 aliphatic heterocycles. The second-order valence-electron chi connectivity index (χ2n) is 8.29. The molecular formula is C24H26F2N2O3. The molecule has 1 aliphatic carbocycles. The first-order valence-electron chi connectivity index (χ1n) is 10.3. The van der Waals surface area contributed by atoms with Gasteiger partial charge in [0.05, 0.1) is 12.5 Å². The molecule has 5 nitrogen and oxygen atoms in total. The zero-order valence-electron chi connectivity index (χ0n) is 17.2. The van der Waals surface area contributed by atoms with Crippen molar-refractivity contribution in [2.24, 2.45) is 5.92 Å². The van der Waals surface area contributed by atoms with E-state index in [9.17, 15) is 13.6 Å². The van der Waals surface area contributed by atoms with Crippen LogP contribution in [0.2, 0.25) is 0 Å². The normalized spacial score (nSPS) is 19.6. The minimum absolute atomic E-state index is 0.0457. The summed E-state index contributed by atoms with van der Waals surface area (Å²) in [6.07, 6.45) is -0.0854. The van der Waals surface area contributed by atoms with E-state index < -0.39 is 24.4 Å². The number of nitrogens with zero attached hydrogens (tertiary/aromatic N) is 1. The lowest BCUT2D eigenvalue weighted by atomic mass is 9.95. The van der Waals surface area contributed by atoms with Crippen LogP contribution < -0.4 is 10.1 Å². The van der Waals surface area contributed by atoms with Crippen molar-refractivity contribution >= 4 is 11.5 Å². The summed E-state index contributed by atoms with van der Waals surface area (Å²) in [5.41, 5.74) is 5.27. The summed E-state index contributed by atoms with van der Waals surface area (Å²) in [6, 6.07) is 13.7. The molecule has 1 heterocycles. The first-order valence-corrected chi connectivity index (χ1v) is 10.3. The Labute approximate surface area is 180 Å². The number of fused-ring (bicyclic) bond motifs is 1. The highest BCUT2D eigenvalue weighted by atomic mass is 19.3. The van der Waals surface area contributed by atoms with Crippen LogP contribution in [0.4, 0.5) is 8.78 Å². The Morgan fingerprint density at radius 3 is 2.58 bits per heavy atom. The second kappa shape index (κ2) is 8.77. The van der Waals surface area contributed by atoms with E-state index in [1.54, 1.807) is 0 Å². The van der Waals surface area contributed by atoms with Gasteiger partial charge in [0.2, 0.25) is 5.91 Å². The highest BCUT2D eigenvalue weighted by Crippen LogP contribution is 2.48. The number of aliphatic hydroxyl groups excluding tert-OH is 1. The fourth-order valence-electron chi connectivity index (χ4n) is 3.80. The molecule has 2 aromatic rings. The number of hydrogen-bond acceptors (Lipinski definition) is 4. The fraction of sp³-hybridized carbons (Fsp3) is 0.375. The highest BCUT2D eigenvalue weighted by molar-refractivity contribution is 5.76. The van der Waals surface area contributed by atoms with E-state index in [-0.39, 0.29) is 13.0 Å². The Balaban J connectivity index is 1.33. The van der Waals surface area contributed by atoms with E-state index >= 15 is 0 Å². The molecule has 2 aliphatic rings. The SMILES string of the molecule is C=C1CN(Cc2ccc(CNC(=O)CO)cc2)Cc2ccc(OCC3CC3(F)F)cc21.